The summed E-state index contributed by atoms with van der Waals surface area (Å²) in [4.78, 5) is 0. The van der Waals surface area contributed by atoms with Crippen LogP contribution in [-0.2, 0) is 5.54 Å². The molecule has 0 spiro atoms. The zero-order valence-electron chi connectivity index (χ0n) is 12.4. The summed E-state index contributed by atoms with van der Waals surface area (Å²) in [7, 11) is 0. The summed E-state index contributed by atoms with van der Waals surface area (Å²) < 4.78 is 0. The fourth-order valence-corrected chi connectivity index (χ4v) is 3.67. The number of rotatable bonds is 1. The van der Waals surface area contributed by atoms with Crippen LogP contribution in [0.2, 0.25) is 0 Å². The van der Waals surface area contributed by atoms with E-state index in [1.807, 2.05) is 0 Å². The molecule has 0 saturated carbocycles. The normalized spacial score (nSPS) is 23.8. The first-order chi connectivity index (χ1) is 10.2. The van der Waals surface area contributed by atoms with Gasteiger partial charge in [0.2, 0.25) is 0 Å². The van der Waals surface area contributed by atoms with Crippen LogP contribution < -0.4 is 5.32 Å². The number of hydrogen-bond acceptors (Lipinski definition) is 1. The Kier molecular flexibility index (Phi) is 2.58. The van der Waals surface area contributed by atoms with Crippen molar-refractivity contribution in [1.82, 2.24) is 0 Å². The van der Waals surface area contributed by atoms with E-state index >= 15 is 0 Å². The van der Waals surface area contributed by atoms with Crippen LogP contribution in [0, 0.1) is 0 Å². The molecule has 0 saturated heterocycles. The van der Waals surface area contributed by atoms with E-state index in [0.717, 1.165) is 0 Å². The van der Waals surface area contributed by atoms with Crippen LogP contribution in [0.25, 0.3) is 10.8 Å². The Hall–Kier alpha value is -2.28. The highest BCUT2D eigenvalue weighted by atomic mass is 15.0. The van der Waals surface area contributed by atoms with E-state index in [0.29, 0.717) is 5.92 Å². The van der Waals surface area contributed by atoms with Crippen LogP contribution in [0.5, 0.6) is 0 Å². The van der Waals surface area contributed by atoms with Gasteiger partial charge in [0, 0.05) is 11.6 Å². The van der Waals surface area contributed by atoms with Crippen molar-refractivity contribution in [2.45, 2.75) is 25.3 Å². The van der Waals surface area contributed by atoms with Crippen molar-refractivity contribution in [2.75, 3.05) is 5.32 Å². The SMILES string of the molecule is CC1c2ccccc2NC1(C)c1cccc2ccccc12. The molecular weight excluding hydrogens is 254 g/mol. The van der Waals surface area contributed by atoms with E-state index < -0.39 is 0 Å². The molecule has 4 rings (SSSR count). The summed E-state index contributed by atoms with van der Waals surface area (Å²) in [5, 5.41) is 6.42. The van der Waals surface area contributed by atoms with Gasteiger partial charge in [0.25, 0.3) is 0 Å². The van der Waals surface area contributed by atoms with E-state index in [1.165, 1.54) is 27.6 Å². The second kappa shape index (κ2) is 4.36. The van der Waals surface area contributed by atoms with Gasteiger partial charge in [-0.25, -0.2) is 0 Å². The van der Waals surface area contributed by atoms with Crippen LogP contribution in [0.4, 0.5) is 5.69 Å². The first kappa shape index (κ1) is 12.5. The minimum absolute atomic E-state index is 0.0649. The summed E-state index contributed by atoms with van der Waals surface area (Å²) in [5.74, 6) is 0.444. The molecule has 0 amide bonds. The van der Waals surface area contributed by atoms with Gasteiger partial charge < -0.3 is 5.32 Å². The molecule has 0 fully saturated rings. The van der Waals surface area contributed by atoms with Crippen molar-refractivity contribution in [3.63, 3.8) is 0 Å². The van der Waals surface area contributed by atoms with E-state index in [1.54, 1.807) is 0 Å². The molecule has 0 radical (unpaired) electrons. The molecule has 1 heterocycles. The molecule has 0 aromatic heterocycles. The Balaban J connectivity index is 1.94. The summed E-state index contributed by atoms with van der Waals surface area (Å²) >= 11 is 0. The van der Waals surface area contributed by atoms with Crippen molar-refractivity contribution in [3.05, 3.63) is 77.9 Å². The summed E-state index contributed by atoms with van der Waals surface area (Å²) in [6.07, 6.45) is 0. The van der Waals surface area contributed by atoms with E-state index in [2.05, 4.69) is 85.9 Å². The molecule has 3 aromatic rings. The van der Waals surface area contributed by atoms with Gasteiger partial charge in [0.15, 0.2) is 0 Å². The molecule has 1 nitrogen and oxygen atoms in total. The van der Waals surface area contributed by atoms with Gasteiger partial charge in [-0.15, -0.1) is 0 Å². The van der Waals surface area contributed by atoms with Gasteiger partial charge in [-0.05, 0) is 34.9 Å². The van der Waals surface area contributed by atoms with Crippen molar-refractivity contribution in [2.24, 2.45) is 0 Å². The molecule has 21 heavy (non-hydrogen) atoms. The highest BCUT2D eigenvalue weighted by Gasteiger charge is 2.41. The van der Waals surface area contributed by atoms with E-state index in [-0.39, 0.29) is 5.54 Å². The molecule has 1 aliphatic heterocycles. The van der Waals surface area contributed by atoms with Gasteiger partial charge in [0.05, 0.1) is 5.54 Å². The summed E-state index contributed by atoms with van der Waals surface area (Å²) in [6.45, 7) is 4.64. The summed E-state index contributed by atoms with van der Waals surface area (Å²) in [6, 6.07) is 23.9. The fourth-order valence-electron chi connectivity index (χ4n) is 3.67. The third-order valence-electron chi connectivity index (χ3n) is 5.04. The fraction of sp³-hybridized carbons (Fsp3) is 0.200. The van der Waals surface area contributed by atoms with Crippen LogP contribution in [0.1, 0.15) is 30.9 Å². The third-order valence-corrected chi connectivity index (χ3v) is 5.04. The van der Waals surface area contributed by atoms with Crippen LogP contribution in [0.3, 0.4) is 0 Å². The van der Waals surface area contributed by atoms with Crippen molar-refractivity contribution >= 4 is 16.5 Å². The second-order valence-corrected chi connectivity index (χ2v) is 6.16. The molecule has 0 bridgehead atoms. The van der Waals surface area contributed by atoms with E-state index in [4.69, 9.17) is 0 Å². The lowest BCUT2D eigenvalue weighted by atomic mass is 9.78. The predicted octanol–water partition coefficient (Wildman–Crippen LogP) is 5.28. The Morgan fingerprint density at radius 3 is 2.43 bits per heavy atom. The molecule has 2 atom stereocenters. The summed E-state index contributed by atoms with van der Waals surface area (Å²) in [5.41, 5.74) is 3.99. The standard InChI is InChI=1S/C20H19N/c1-14-16-10-5-6-13-19(16)21-20(14,2)18-12-7-9-15-8-3-4-11-17(15)18/h3-14,21H,1-2H3. The monoisotopic (exact) mass is 273 g/mol. The number of para-hydroxylation sites is 1. The molecule has 1 aliphatic rings. The second-order valence-electron chi connectivity index (χ2n) is 6.16. The van der Waals surface area contributed by atoms with Crippen molar-refractivity contribution in [1.29, 1.82) is 0 Å². The van der Waals surface area contributed by atoms with E-state index in [9.17, 15) is 0 Å². The van der Waals surface area contributed by atoms with Crippen molar-refractivity contribution in [3.8, 4) is 0 Å². The van der Waals surface area contributed by atoms with Crippen molar-refractivity contribution < 1.29 is 0 Å². The first-order valence-corrected chi connectivity index (χ1v) is 7.55. The average Bonchev–Trinajstić information content (AvgIpc) is 2.79. The van der Waals surface area contributed by atoms with Crippen LogP contribution in [-0.4, -0.2) is 0 Å². The number of fused-ring (bicyclic) bond motifs is 2. The molecule has 104 valence electrons. The zero-order chi connectivity index (χ0) is 14.4. The maximum absolute atomic E-state index is 3.77. The maximum atomic E-state index is 3.77. The van der Waals surface area contributed by atoms with Crippen LogP contribution in [0.15, 0.2) is 66.7 Å². The number of anilines is 1. The average molecular weight is 273 g/mol. The van der Waals surface area contributed by atoms with Crippen LogP contribution >= 0.6 is 0 Å². The Morgan fingerprint density at radius 2 is 1.57 bits per heavy atom. The molecule has 1 N–H and O–H groups in total. The maximum Gasteiger partial charge on any atom is 0.0669 e. The van der Waals surface area contributed by atoms with Gasteiger partial charge >= 0.3 is 0 Å². The Morgan fingerprint density at radius 1 is 0.857 bits per heavy atom. The Labute approximate surface area is 125 Å². The van der Waals surface area contributed by atoms with Gasteiger partial charge in [-0.2, -0.15) is 0 Å². The lowest BCUT2D eigenvalue weighted by molar-refractivity contribution is 0.483. The minimum atomic E-state index is -0.0649. The molecule has 2 unspecified atom stereocenters. The number of benzene rings is 3. The zero-order valence-corrected chi connectivity index (χ0v) is 12.4. The van der Waals surface area contributed by atoms with Gasteiger partial charge in [-0.1, -0.05) is 67.6 Å². The highest BCUT2D eigenvalue weighted by molar-refractivity contribution is 5.87. The molecular formula is C20H19N. The molecule has 1 heteroatoms. The highest BCUT2D eigenvalue weighted by Crippen LogP contribution is 2.49. The largest absolute Gasteiger partial charge is 0.375 e. The predicted molar refractivity (Wildman–Crippen MR) is 89.8 cm³/mol. The minimum Gasteiger partial charge on any atom is -0.375 e. The third kappa shape index (κ3) is 1.70. The lowest BCUT2D eigenvalue weighted by Crippen LogP contribution is -2.32. The topological polar surface area (TPSA) is 12.0 Å². The quantitative estimate of drug-likeness (QED) is 0.635. The smallest absolute Gasteiger partial charge is 0.0669 e. The lowest BCUT2D eigenvalue weighted by Gasteiger charge is -2.32. The first-order valence-electron chi connectivity index (χ1n) is 7.55. The Bertz CT molecular complexity index is 815. The van der Waals surface area contributed by atoms with Gasteiger partial charge in [0.1, 0.15) is 0 Å². The molecule has 0 aliphatic carbocycles. The molecule has 3 aromatic carbocycles. The van der Waals surface area contributed by atoms with Gasteiger partial charge in [-0.3, -0.25) is 0 Å². The number of nitrogens with one attached hydrogen (secondary N) is 1. The number of hydrogen-bond donors (Lipinski definition) is 1.